The van der Waals surface area contributed by atoms with E-state index in [1.807, 2.05) is 26.0 Å². The van der Waals surface area contributed by atoms with Crippen molar-refractivity contribution in [2.75, 3.05) is 31.1 Å². The van der Waals surface area contributed by atoms with Crippen molar-refractivity contribution in [2.45, 2.75) is 26.8 Å². The monoisotopic (exact) mass is 388 g/mol. The Balaban J connectivity index is 1.44. The minimum absolute atomic E-state index is 0.0302. The fraction of sp³-hybridized carbons (Fsp3) is 0.333. The van der Waals surface area contributed by atoms with Gasteiger partial charge in [-0.3, -0.25) is 9.69 Å². The van der Waals surface area contributed by atoms with E-state index in [-0.39, 0.29) is 5.56 Å². The molecule has 0 spiro atoms. The standard InChI is InChI=1S/C24H28N4O/c1-3-22-18(2)25-23(26-24(22)29)20-9-7-8-19(16-20)17-27-12-14-28(15-13-27)21-10-5-4-6-11-21/h4-11,16H,3,12-15,17H2,1-2H3,(H,25,26,29). The summed E-state index contributed by atoms with van der Waals surface area (Å²) in [5, 5.41) is 0. The Morgan fingerprint density at radius 3 is 2.45 bits per heavy atom. The van der Waals surface area contributed by atoms with E-state index in [0.717, 1.165) is 49.5 Å². The first kappa shape index (κ1) is 19.4. The van der Waals surface area contributed by atoms with E-state index in [9.17, 15) is 4.79 Å². The van der Waals surface area contributed by atoms with Crippen molar-refractivity contribution in [1.82, 2.24) is 14.9 Å². The quantitative estimate of drug-likeness (QED) is 0.725. The van der Waals surface area contributed by atoms with Crippen molar-refractivity contribution in [1.29, 1.82) is 0 Å². The Morgan fingerprint density at radius 1 is 1.00 bits per heavy atom. The van der Waals surface area contributed by atoms with E-state index in [4.69, 9.17) is 0 Å². The van der Waals surface area contributed by atoms with Gasteiger partial charge in [0.1, 0.15) is 5.82 Å². The summed E-state index contributed by atoms with van der Waals surface area (Å²) in [6, 6.07) is 19.0. The van der Waals surface area contributed by atoms with Crippen molar-refractivity contribution < 1.29 is 0 Å². The molecule has 1 aromatic heterocycles. The maximum Gasteiger partial charge on any atom is 0.254 e. The van der Waals surface area contributed by atoms with E-state index in [0.29, 0.717) is 12.2 Å². The summed E-state index contributed by atoms with van der Waals surface area (Å²) in [5.41, 5.74) is 5.06. The third kappa shape index (κ3) is 4.40. The predicted molar refractivity (Wildman–Crippen MR) is 118 cm³/mol. The second-order valence-electron chi connectivity index (χ2n) is 7.63. The Labute approximate surface area is 172 Å². The molecule has 0 aliphatic carbocycles. The maximum atomic E-state index is 12.3. The molecule has 1 aliphatic heterocycles. The number of nitrogens with one attached hydrogen (secondary N) is 1. The Bertz CT molecular complexity index is 1020. The molecule has 0 amide bonds. The normalized spacial score (nSPS) is 14.9. The van der Waals surface area contributed by atoms with E-state index in [1.54, 1.807) is 0 Å². The summed E-state index contributed by atoms with van der Waals surface area (Å²) in [6.07, 6.45) is 0.698. The van der Waals surface area contributed by atoms with Crippen molar-refractivity contribution in [2.24, 2.45) is 0 Å². The zero-order chi connectivity index (χ0) is 20.2. The van der Waals surface area contributed by atoms with Gasteiger partial charge in [-0.1, -0.05) is 43.3 Å². The molecular formula is C24H28N4O. The van der Waals surface area contributed by atoms with Gasteiger partial charge in [-0.2, -0.15) is 0 Å². The van der Waals surface area contributed by atoms with Gasteiger partial charge < -0.3 is 9.88 Å². The van der Waals surface area contributed by atoms with E-state index in [1.165, 1.54) is 11.3 Å². The third-order valence-electron chi connectivity index (χ3n) is 5.68. The van der Waals surface area contributed by atoms with E-state index < -0.39 is 0 Å². The molecule has 1 N–H and O–H groups in total. The molecule has 0 atom stereocenters. The summed E-state index contributed by atoms with van der Waals surface area (Å²) >= 11 is 0. The van der Waals surface area contributed by atoms with Crippen LogP contribution in [0.15, 0.2) is 59.4 Å². The van der Waals surface area contributed by atoms with Crippen LogP contribution in [0.4, 0.5) is 5.69 Å². The molecular weight excluding hydrogens is 360 g/mol. The van der Waals surface area contributed by atoms with Gasteiger partial charge in [0.15, 0.2) is 0 Å². The van der Waals surface area contributed by atoms with Crippen LogP contribution in [0.5, 0.6) is 0 Å². The fourth-order valence-corrected chi connectivity index (χ4v) is 4.04. The van der Waals surface area contributed by atoms with Crippen LogP contribution in [0.2, 0.25) is 0 Å². The second kappa shape index (κ2) is 8.62. The lowest BCUT2D eigenvalue weighted by molar-refractivity contribution is 0.250. The molecule has 0 saturated carbocycles. The molecule has 4 rings (SSSR count). The lowest BCUT2D eigenvalue weighted by Gasteiger charge is -2.36. The van der Waals surface area contributed by atoms with Crippen molar-refractivity contribution >= 4 is 5.69 Å². The summed E-state index contributed by atoms with van der Waals surface area (Å²) < 4.78 is 0. The molecule has 150 valence electrons. The summed E-state index contributed by atoms with van der Waals surface area (Å²) in [6.45, 7) is 8.96. The largest absolute Gasteiger partial charge is 0.369 e. The Morgan fingerprint density at radius 2 is 1.76 bits per heavy atom. The highest BCUT2D eigenvalue weighted by Gasteiger charge is 2.17. The van der Waals surface area contributed by atoms with Crippen LogP contribution in [0.25, 0.3) is 11.4 Å². The minimum Gasteiger partial charge on any atom is -0.369 e. The molecule has 1 saturated heterocycles. The molecule has 0 radical (unpaired) electrons. The zero-order valence-corrected chi connectivity index (χ0v) is 17.2. The fourth-order valence-electron chi connectivity index (χ4n) is 4.04. The second-order valence-corrected chi connectivity index (χ2v) is 7.63. The van der Waals surface area contributed by atoms with Gasteiger partial charge in [0.05, 0.1) is 0 Å². The number of hydrogen-bond donors (Lipinski definition) is 1. The molecule has 5 nitrogen and oxygen atoms in total. The number of aromatic nitrogens is 2. The highest BCUT2D eigenvalue weighted by Crippen LogP contribution is 2.20. The zero-order valence-electron chi connectivity index (χ0n) is 17.2. The number of piperazine rings is 1. The molecule has 1 aliphatic rings. The first-order valence-electron chi connectivity index (χ1n) is 10.4. The number of para-hydroxylation sites is 1. The average molecular weight is 389 g/mol. The van der Waals surface area contributed by atoms with Gasteiger partial charge in [0.25, 0.3) is 5.56 Å². The smallest absolute Gasteiger partial charge is 0.254 e. The molecule has 3 aromatic rings. The van der Waals surface area contributed by atoms with Gasteiger partial charge in [0.2, 0.25) is 0 Å². The van der Waals surface area contributed by atoms with Gasteiger partial charge in [0, 0.05) is 55.2 Å². The van der Waals surface area contributed by atoms with Crippen molar-refractivity contribution in [3.05, 3.63) is 81.8 Å². The average Bonchev–Trinajstić information content (AvgIpc) is 2.75. The maximum absolute atomic E-state index is 12.3. The summed E-state index contributed by atoms with van der Waals surface area (Å²) in [5.74, 6) is 0.653. The molecule has 2 aromatic carbocycles. The van der Waals surface area contributed by atoms with Gasteiger partial charge >= 0.3 is 0 Å². The molecule has 5 heteroatoms. The van der Waals surface area contributed by atoms with Gasteiger partial charge in [-0.15, -0.1) is 0 Å². The van der Waals surface area contributed by atoms with E-state index in [2.05, 4.69) is 62.2 Å². The van der Waals surface area contributed by atoms with Crippen LogP contribution in [0.3, 0.4) is 0 Å². The van der Waals surface area contributed by atoms with Gasteiger partial charge in [-0.25, -0.2) is 4.98 Å². The first-order valence-corrected chi connectivity index (χ1v) is 10.4. The number of nitrogens with zero attached hydrogens (tertiary/aromatic N) is 3. The van der Waals surface area contributed by atoms with Crippen LogP contribution < -0.4 is 10.5 Å². The lowest BCUT2D eigenvalue weighted by Crippen LogP contribution is -2.45. The highest BCUT2D eigenvalue weighted by molar-refractivity contribution is 5.56. The molecule has 1 fully saturated rings. The molecule has 0 bridgehead atoms. The minimum atomic E-state index is -0.0302. The molecule has 2 heterocycles. The molecule has 0 unspecified atom stereocenters. The number of benzene rings is 2. The van der Waals surface area contributed by atoms with Crippen LogP contribution in [-0.2, 0) is 13.0 Å². The Kier molecular flexibility index (Phi) is 5.76. The number of anilines is 1. The van der Waals surface area contributed by atoms with Gasteiger partial charge in [-0.05, 0) is 37.1 Å². The number of aryl methyl sites for hydroxylation is 1. The Hall–Kier alpha value is -2.92. The van der Waals surface area contributed by atoms with Crippen molar-refractivity contribution in [3.8, 4) is 11.4 Å². The lowest BCUT2D eigenvalue weighted by atomic mass is 10.1. The number of hydrogen-bond acceptors (Lipinski definition) is 4. The summed E-state index contributed by atoms with van der Waals surface area (Å²) in [7, 11) is 0. The topological polar surface area (TPSA) is 52.2 Å². The highest BCUT2D eigenvalue weighted by atomic mass is 16.1. The van der Waals surface area contributed by atoms with Crippen LogP contribution in [0, 0.1) is 6.92 Å². The molecule has 29 heavy (non-hydrogen) atoms. The van der Waals surface area contributed by atoms with Crippen LogP contribution in [-0.4, -0.2) is 41.0 Å². The first-order chi connectivity index (χ1) is 14.1. The SMILES string of the molecule is CCc1c(C)nc(-c2cccc(CN3CCN(c4ccccc4)CC3)c2)[nH]c1=O. The number of H-pyrrole nitrogens is 1. The van der Waals surface area contributed by atoms with E-state index >= 15 is 0 Å². The van der Waals surface area contributed by atoms with Crippen molar-refractivity contribution in [3.63, 3.8) is 0 Å². The van der Waals surface area contributed by atoms with Crippen LogP contribution >= 0.6 is 0 Å². The third-order valence-corrected chi connectivity index (χ3v) is 5.68. The predicted octanol–water partition coefficient (Wildman–Crippen LogP) is 3.63. The van der Waals surface area contributed by atoms with Crippen LogP contribution in [0.1, 0.15) is 23.7 Å². The summed E-state index contributed by atoms with van der Waals surface area (Å²) in [4.78, 5) is 24.8. The number of aromatic amines is 1. The number of rotatable bonds is 5.